The van der Waals surface area contributed by atoms with E-state index < -0.39 is 11.9 Å². The summed E-state index contributed by atoms with van der Waals surface area (Å²) >= 11 is 0. The summed E-state index contributed by atoms with van der Waals surface area (Å²) in [5, 5.41) is 15.8. The highest BCUT2D eigenvalue weighted by molar-refractivity contribution is 6.01. The lowest BCUT2D eigenvalue weighted by molar-refractivity contribution is -0.120. The van der Waals surface area contributed by atoms with Gasteiger partial charge in [0, 0.05) is 38.5 Å². The largest absolute Gasteiger partial charge is 0.337 e. The van der Waals surface area contributed by atoms with Gasteiger partial charge >= 0.3 is 0 Å². The van der Waals surface area contributed by atoms with Gasteiger partial charge in [0.1, 0.15) is 18.2 Å². The van der Waals surface area contributed by atoms with E-state index in [1.165, 1.54) is 11.2 Å². The normalized spacial score (nSPS) is 15.9. The number of benzene rings is 1. The molecule has 0 saturated heterocycles. The first kappa shape index (κ1) is 20.6. The fourth-order valence-corrected chi connectivity index (χ4v) is 3.86. The molecule has 0 fully saturated rings. The molecule has 3 aromatic heterocycles. The van der Waals surface area contributed by atoms with Gasteiger partial charge < -0.3 is 5.32 Å². The minimum atomic E-state index is -0.702. The number of hydrogen-bond donors (Lipinski definition) is 1. The van der Waals surface area contributed by atoms with Crippen LogP contribution in [0.2, 0.25) is 0 Å². The second-order valence-corrected chi connectivity index (χ2v) is 7.98. The molecule has 0 spiro atoms. The number of fused-ring (bicyclic) bond motifs is 1. The second-order valence-electron chi connectivity index (χ2n) is 7.98. The maximum Gasteiger partial charge on any atom is 0.291 e. The summed E-state index contributed by atoms with van der Waals surface area (Å²) in [6.45, 7) is 0.985. The Hall–Kier alpha value is -4.28. The van der Waals surface area contributed by atoms with Crippen LogP contribution in [-0.4, -0.2) is 59.2 Å². The average Bonchev–Trinajstić information content (AvgIpc) is 3.54. The summed E-state index contributed by atoms with van der Waals surface area (Å²) < 4.78 is 5.08. The second kappa shape index (κ2) is 8.34. The number of likely N-dealkylation sites (N-methyl/N-ethyl adjacent to an activating group) is 1. The van der Waals surface area contributed by atoms with Crippen molar-refractivity contribution in [2.75, 3.05) is 11.9 Å². The van der Waals surface area contributed by atoms with Crippen LogP contribution in [0.5, 0.6) is 0 Å². The van der Waals surface area contributed by atoms with Crippen molar-refractivity contribution in [1.82, 2.24) is 39.6 Å². The Balaban J connectivity index is 1.27. The highest BCUT2D eigenvalue weighted by Crippen LogP contribution is 2.26. The molecule has 1 atom stereocenters. The van der Waals surface area contributed by atoms with E-state index >= 15 is 0 Å². The van der Waals surface area contributed by atoms with Crippen molar-refractivity contribution in [2.45, 2.75) is 25.6 Å². The Morgan fingerprint density at radius 2 is 2.00 bits per heavy atom. The number of carbonyl (C=O) groups excluding carboxylic acids is 2. The minimum absolute atomic E-state index is 0.0298. The fourth-order valence-electron chi connectivity index (χ4n) is 3.86. The van der Waals surface area contributed by atoms with Crippen LogP contribution in [-0.2, 0) is 24.9 Å². The summed E-state index contributed by atoms with van der Waals surface area (Å²) in [6.07, 6.45) is 5.52. The molecule has 1 unspecified atom stereocenters. The van der Waals surface area contributed by atoms with Crippen LogP contribution in [0.4, 0.5) is 5.82 Å². The molecular weight excluding hydrogens is 422 g/mol. The standard InChI is InChI=1S/C22H23N9O2/c1-28-13-16(11-24-28)18-10-19-29(2)22(33)17(8-9-31(19)26-18)25-21(32)20-23-14-30(27-20)12-15-6-4-3-5-7-15/h3-7,10-11,13-14,17H,8-9,12H2,1-2H3,(H,25,32). The summed E-state index contributed by atoms with van der Waals surface area (Å²) in [7, 11) is 3.52. The molecule has 33 heavy (non-hydrogen) atoms. The molecule has 11 heteroatoms. The first-order valence-corrected chi connectivity index (χ1v) is 10.6. The van der Waals surface area contributed by atoms with Crippen molar-refractivity contribution in [2.24, 2.45) is 7.05 Å². The SMILES string of the molecule is CN1C(=O)C(NC(=O)c2ncn(Cc3ccccc3)n2)CCn2nc(-c3cnn(C)c3)cc21. The molecule has 1 aliphatic heterocycles. The Bertz CT molecular complexity index is 1300. The molecule has 1 aliphatic rings. The van der Waals surface area contributed by atoms with Crippen molar-refractivity contribution >= 4 is 17.6 Å². The van der Waals surface area contributed by atoms with E-state index in [4.69, 9.17) is 0 Å². The number of aromatic nitrogens is 7. The smallest absolute Gasteiger partial charge is 0.291 e. The van der Waals surface area contributed by atoms with Gasteiger partial charge in [0.05, 0.1) is 18.4 Å². The first-order chi connectivity index (χ1) is 16.0. The first-order valence-electron chi connectivity index (χ1n) is 10.6. The molecule has 1 N–H and O–H groups in total. The van der Waals surface area contributed by atoms with Crippen molar-refractivity contribution in [3.63, 3.8) is 0 Å². The Morgan fingerprint density at radius 1 is 1.18 bits per heavy atom. The van der Waals surface area contributed by atoms with Gasteiger partial charge in [-0.15, -0.1) is 5.10 Å². The number of nitrogens with zero attached hydrogens (tertiary/aromatic N) is 8. The lowest BCUT2D eigenvalue weighted by Gasteiger charge is -2.19. The van der Waals surface area contributed by atoms with Crippen LogP contribution < -0.4 is 10.2 Å². The molecule has 0 saturated carbocycles. The Kier molecular flexibility index (Phi) is 5.21. The van der Waals surface area contributed by atoms with Crippen LogP contribution >= 0.6 is 0 Å². The molecule has 0 bridgehead atoms. The summed E-state index contributed by atoms with van der Waals surface area (Å²) in [4.78, 5) is 31.5. The molecule has 11 nitrogen and oxygen atoms in total. The number of nitrogens with one attached hydrogen (secondary N) is 1. The number of hydrogen-bond acceptors (Lipinski definition) is 6. The maximum absolute atomic E-state index is 13.1. The van der Waals surface area contributed by atoms with Crippen LogP contribution in [0, 0.1) is 0 Å². The summed E-state index contributed by atoms with van der Waals surface area (Å²) in [6, 6.07) is 10.9. The van der Waals surface area contributed by atoms with Gasteiger partial charge in [-0.2, -0.15) is 10.2 Å². The molecule has 168 valence electrons. The molecule has 4 heterocycles. The lowest BCUT2D eigenvalue weighted by atomic mass is 10.2. The summed E-state index contributed by atoms with van der Waals surface area (Å²) in [5.74, 6) is -0.00398. The fraction of sp³-hybridized carbons (Fsp3) is 0.273. The van der Waals surface area contributed by atoms with E-state index in [0.717, 1.165) is 16.8 Å². The van der Waals surface area contributed by atoms with E-state index in [-0.39, 0.29) is 11.7 Å². The molecule has 2 amide bonds. The van der Waals surface area contributed by atoms with E-state index in [1.54, 1.807) is 27.3 Å². The van der Waals surface area contributed by atoms with E-state index in [1.807, 2.05) is 49.6 Å². The average molecular weight is 445 g/mol. The van der Waals surface area contributed by atoms with Crippen molar-refractivity contribution < 1.29 is 9.59 Å². The van der Waals surface area contributed by atoms with Crippen LogP contribution in [0.1, 0.15) is 22.6 Å². The quantitative estimate of drug-likeness (QED) is 0.492. The maximum atomic E-state index is 13.1. The van der Waals surface area contributed by atoms with Crippen LogP contribution in [0.15, 0.2) is 55.1 Å². The van der Waals surface area contributed by atoms with Gasteiger partial charge in [0.25, 0.3) is 11.8 Å². The monoisotopic (exact) mass is 445 g/mol. The zero-order valence-corrected chi connectivity index (χ0v) is 18.3. The minimum Gasteiger partial charge on any atom is -0.337 e. The van der Waals surface area contributed by atoms with Crippen molar-refractivity contribution in [1.29, 1.82) is 0 Å². The molecule has 4 aromatic rings. The van der Waals surface area contributed by atoms with Gasteiger partial charge in [0.15, 0.2) is 0 Å². The Labute approximate surface area is 189 Å². The molecule has 5 rings (SSSR count). The number of aryl methyl sites for hydroxylation is 2. The molecule has 1 aromatic carbocycles. The van der Waals surface area contributed by atoms with Gasteiger partial charge in [-0.3, -0.25) is 19.2 Å². The van der Waals surface area contributed by atoms with Crippen LogP contribution in [0.3, 0.4) is 0 Å². The lowest BCUT2D eigenvalue weighted by Crippen LogP contribution is -2.47. The summed E-state index contributed by atoms with van der Waals surface area (Å²) in [5.41, 5.74) is 2.67. The zero-order chi connectivity index (χ0) is 22.9. The van der Waals surface area contributed by atoms with Gasteiger partial charge in [-0.05, 0) is 12.0 Å². The number of amides is 2. The predicted octanol–water partition coefficient (Wildman–Crippen LogP) is 1.09. The number of anilines is 1. The Morgan fingerprint density at radius 3 is 2.76 bits per heavy atom. The molecule has 0 aliphatic carbocycles. The third-order valence-corrected chi connectivity index (χ3v) is 5.59. The van der Waals surface area contributed by atoms with Crippen molar-refractivity contribution in [3.05, 3.63) is 66.5 Å². The van der Waals surface area contributed by atoms with E-state index in [2.05, 4.69) is 25.6 Å². The van der Waals surface area contributed by atoms with Gasteiger partial charge in [-0.1, -0.05) is 30.3 Å². The highest BCUT2D eigenvalue weighted by Gasteiger charge is 2.31. The number of carbonyl (C=O) groups is 2. The zero-order valence-electron chi connectivity index (χ0n) is 18.3. The van der Waals surface area contributed by atoms with Crippen molar-refractivity contribution in [3.8, 4) is 11.3 Å². The molecule has 0 radical (unpaired) electrons. The van der Waals surface area contributed by atoms with Crippen LogP contribution in [0.25, 0.3) is 11.3 Å². The highest BCUT2D eigenvalue weighted by atomic mass is 16.2. The van der Waals surface area contributed by atoms with E-state index in [9.17, 15) is 9.59 Å². The third-order valence-electron chi connectivity index (χ3n) is 5.59. The van der Waals surface area contributed by atoms with E-state index in [0.29, 0.717) is 25.3 Å². The topological polar surface area (TPSA) is 116 Å². The van der Waals surface area contributed by atoms with Gasteiger partial charge in [0.2, 0.25) is 5.82 Å². The molecular formula is C22H23N9O2. The number of rotatable bonds is 5. The predicted molar refractivity (Wildman–Crippen MR) is 119 cm³/mol. The van der Waals surface area contributed by atoms with Gasteiger partial charge in [-0.25, -0.2) is 14.3 Å². The third kappa shape index (κ3) is 4.12.